The maximum absolute atomic E-state index is 12.6. The molecule has 0 aromatic heterocycles. The van der Waals surface area contributed by atoms with Gasteiger partial charge in [-0.15, -0.1) is 0 Å². The highest BCUT2D eigenvalue weighted by Gasteiger charge is 2.31. The molecule has 0 fully saturated rings. The third-order valence-corrected chi connectivity index (χ3v) is 9.29. The van der Waals surface area contributed by atoms with E-state index in [2.05, 4.69) is 50.3 Å². The molecule has 1 N–H and O–H groups in total. The van der Waals surface area contributed by atoms with Crippen LogP contribution < -0.4 is 0 Å². The van der Waals surface area contributed by atoms with Crippen LogP contribution in [0, 0.1) is 0 Å². The average Bonchev–Trinajstić information content (AvgIpc) is 3.09. The number of carboxylic acids is 1. The molecule has 0 saturated heterocycles. The number of unbranched alkanes of at least 4 members (excludes halogenated alkanes) is 18. The lowest BCUT2D eigenvalue weighted by atomic mass is 10.1. The summed E-state index contributed by atoms with van der Waals surface area (Å²) in [4.78, 5) is 36.8. The Morgan fingerprint density at radius 3 is 1.60 bits per heavy atom. The van der Waals surface area contributed by atoms with Crippen LogP contribution in [0.3, 0.4) is 0 Å². The van der Waals surface area contributed by atoms with Crippen molar-refractivity contribution >= 4 is 17.9 Å². The predicted octanol–water partition coefficient (Wildman–Crippen LogP) is 11.1. The van der Waals surface area contributed by atoms with Gasteiger partial charge in [-0.2, -0.15) is 0 Å². The van der Waals surface area contributed by atoms with Crippen LogP contribution in [0.4, 0.5) is 0 Å². The van der Waals surface area contributed by atoms with Crippen molar-refractivity contribution < 1.29 is 38.2 Å². The minimum atomic E-state index is -0.880. The number of esters is 2. The Balaban J connectivity index is 4.28. The number of carbonyl (C=O) groups excluding carboxylic acids is 2. The van der Waals surface area contributed by atoms with E-state index in [1.165, 1.54) is 103 Å². The van der Waals surface area contributed by atoms with E-state index >= 15 is 0 Å². The van der Waals surface area contributed by atoms with Gasteiger partial charge in [0.05, 0.1) is 34.4 Å². The zero-order valence-electron chi connectivity index (χ0n) is 34.3. The number of ether oxygens (including phenoxy) is 3. The molecular formula is C44H80NO7+. The molecule has 302 valence electrons. The van der Waals surface area contributed by atoms with Crippen LogP contribution in [0.1, 0.15) is 174 Å². The monoisotopic (exact) mass is 735 g/mol. The summed E-state index contributed by atoms with van der Waals surface area (Å²) in [6.07, 6.45) is 39.1. The standard InChI is InChI=1S/C44H79NO7/c1-6-8-10-12-14-16-17-18-19-20-21-22-23-24-25-27-28-30-32-34-42(46)51-39-40(38-50-37-36-41(44(48)49)45(3,4)5)52-43(47)35-33-31-29-26-15-13-11-9-7-2/h14,16-18,26,29,40-41H,6-13,15,19-25,27-28,30-39H2,1-5H3/p+1/b16-14+,18-17+,29-26+. The van der Waals surface area contributed by atoms with E-state index in [9.17, 15) is 19.5 Å². The van der Waals surface area contributed by atoms with E-state index in [4.69, 9.17) is 14.2 Å². The van der Waals surface area contributed by atoms with Crippen molar-refractivity contribution in [3.05, 3.63) is 36.5 Å². The zero-order valence-corrected chi connectivity index (χ0v) is 34.3. The number of hydrogen-bond acceptors (Lipinski definition) is 6. The molecule has 0 aromatic rings. The van der Waals surface area contributed by atoms with Gasteiger partial charge in [-0.1, -0.05) is 134 Å². The van der Waals surface area contributed by atoms with E-state index in [0.717, 1.165) is 32.1 Å². The lowest BCUT2D eigenvalue weighted by Gasteiger charge is -2.31. The van der Waals surface area contributed by atoms with Crippen molar-refractivity contribution in [1.82, 2.24) is 0 Å². The number of quaternary nitrogens is 1. The van der Waals surface area contributed by atoms with Gasteiger partial charge in [0, 0.05) is 19.3 Å². The van der Waals surface area contributed by atoms with Gasteiger partial charge in [0.2, 0.25) is 0 Å². The SMILES string of the molecule is CCCCC/C=C/C=C/CCCCCCCCCCCCC(=O)OCC(COCCC(C(=O)O)[N+](C)(C)C)OC(=O)CCC/C=C/CCCCCC. The maximum Gasteiger partial charge on any atom is 0.362 e. The van der Waals surface area contributed by atoms with Gasteiger partial charge in [-0.25, -0.2) is 4.79 Å². The zero-order chi connectivity index (χ0) is 38.5. The lowest BCUT2D eigenvalue weighted by molar-refractivity contribution is -0.887. The van der Waals surface area contributed by atoms with Gasteiger partial charge in [0.25, 0.3) is 0 Å². The van der Waals surface area contributed by atoms with E-state index in [-0.39, 0.29) is 42.7 Å². The Bertz CT molecular complexity index is 953. The van der Waals surface area contributed by atoms with Gasteiger partial charge in [0.15, 0.2) is 12.1 Å². The van der Waals surface area contributed by atoms with Crippen LogP contribution in [0.25, 0.3) is 0 Å². The molecule has 0 aliphatic heterocycles. The van der Waals surface area contributed by atoms with Crippen LogP contribution >= 0.6 is 0 Å². The summed E-state index contributed by atoms with van der Waals surface area (Å²) in [7, 11) is 5.51. The minimum Gasteiger partial charge on any atom is -0.477 e. The van der Waals surface area contributed by atoms with Crippen molar-refractivity contribution in [3.63, 3.8) is 0 Å². The molecule has 2 unspecified atom stereocenters. The highest BCUT2D eigenvalue weighted by Crippen LogP contribution is 2.14. The third-order valence-electron chi connectivity index (χ3n) is 9.29. The second-order valence-corrected chi connectivity index (χ2v) is 15.3. The summed E-state index contributed by atoms with van der Waals surface area (Å²) in [6, 6.07) is -0.617. The Labute approximate surface area is 319 Å². The summed E-state index contributed by atoms with van der Waals surface area (Å²) < 4.78 is 17.2. The molecule has 52 heavy (non-hydrogen) atoms. The van der Waals surface area contributed by atoms with Crippen molar-refractivity contribution in [3.8, 4) is 0 Å². The first kappa shape index (κ1) is 49.6. The summed E-state index contributed by atoms with van der Waals surface area (Å²) in [5.41, 5.74) is 0. The second kappa shape index (κ2) is 35.6. The molecule has 0 aromatic carbocycles. The van der Waals surface area contributed by atoms with Crippen LogP contribution in [-0.2, 0) is 28.6 Å². The van der Waals surface area contributed by atoms with Crippen molar-refractivity contribution in [2.24, 2.45) is 0 Å². The van der Waals surface area contributed by atoms with E-state index in [0.29, 0.717) is 19.3 Å². The number of hydrogen-bond donors (Lipinski definition) is 1. The van der Waals surface area contributed by atoms with Crippen molar-refractivity contribution in [2.75, 3.05) is 41.0 Å². The molecule has 0 rings (SSSR count). The Hall–Kier alpha value is -2.45. The molecule has 8 heteroatoms. The number of nitrogens with zero attached hydrogens (tertiary/aromatic N) is 1. The van der Waals surface area contributed by atoms with Crippen LogP contribution in [-0.4, -0.2) is 80.6 Å². The first-order chi connectivity index (χ1) is 25.1. The normalized spacial score (nSPS) is 13.3. The fourth-order valence-electron chi connectivity index (χ4n) is 5.97. The summed E-state index contributed by atoms with van der Waals surface area (Å²) in [6.45, 7) is 4.63. The molecule has 0 amide bonds. The van der Waals surface area contributed by atoms with Crippen molar-refractivity contribution in [1.29, 1.82) is 0 Å². The predicted molar refractivity (Wildman–Crippen MR) is 215 cm³/mol. The smallest absolute Gasteiger partial charge is 0.362 e. The van der Waals surface area contributed by atoms with E-state index < -0.39 is 18.1 Å². The molecule has 0 bridgehead atoms. The van der Waals surface area contributed by atoms with Gasteiger partial charge in [0.1, 0.15) is 6.61 Å². The first-order valence-electron chi connectivity index (χ1n) is 21.0. The first-order valence-corrected chi connectivity index (χ1v) is 21.0. The summed E-state index contributed by atoms with van der Waals surface area (Å²) >= 11 is 0. The topological polar surface area (TPSA) is 99.1 Å². The average molecular weight is 735 g/mol. The quantitative estimate of drug-likeness (QED) is 0.0223. The molecule has 0 saturated carbocycles. The summed E-state index contributed by atoms with van der Waals surface area (Å²) in [5, 5.41) is 9.58. The lowest BCUT2D eigenvalue weighted by Crippen LogP contribution is -2.50. The van der Waals surface area contributed by atoms with E-state index in [1.807, 2.05) is 21.1 Å². The Morgan fingerprint density at radius 1 is 0.577 bits per heavy atom. The van der Waals surface area contributed by atoms with E-state index in [1.54, 1.807) is 0 Å². The fraction of sp³-hybridized carbons (Fsp3) is 0.795. The van der Waals surface area contributed by atoms with Gasteiger partial charge in [-0.3, -0.25) is 9.59 Å². The highest BCUT2D eigenvalue weighted by atomic mass is 16.6. The largest absolute Gasteiger partial charge is 0.477 e. The van der Waals surface area contributed by atoms with Gasteiger partial charge in [-0.05, 0) is 57.8 Å². The number of carbonyl (C=O) groups is 3. The minimum absolute atomic E-state index is 0.0497. The molecule has 0 aliphatic carbocycles. The van der Waals surface area contributed by atoms with Gasteiger partial charge >= 0.3 is 17.9 Å². The fourth-order valence-corrected chi connectivity index (χ4v) is 5.97. The molecule has 0 radical (unpaired) electrons. The molecule has 0 aliphatic rings. The number of carboxylic acid groups (broad SMARTS) is 1. The van der Waals surface area contributed by atoms with Crippen LogP contribution in [0.15, 0.2) is 36.5 Å². The third kappa shape index (κ3) is 33.4. The van der Waals surface area contributed by atoms with Crippen LogP contribution in [0.2, 0.25) is 0 Å². The number of likely N-dealkylation sites (N-methyl/N-ethyl adjacent to an activating group) is 1. The Morgan fingerprint density at radius 2 is 1.04 bits per heavy atom. The second-order valence-electron chi connectivity index (χ2n) is 15.3. The maximum atomic E-state index is 12.6. The van der Waals surface area contributed by atoms with Gasteiger partial charge < -0.3 is 23.8 Å². The molecule has 8 nitrogen and oxygen atoms in total. The molecule has 0 spiro atoms. The Kier molecular flexibility index (Phi) is 33.9. The number of rotatable bonds is 37. The summed E-state index contributed by atoms with van der Waals surface area (Å²) in [5.74, 6) is -1.52. The molecular weight excluding hydrogens is 654 g/mol. The number of aliphatic carboxylic acids is 1. The molecule has 0 heterocycles. The number of allylic oxidation sites excluding steroid dienone is 6. The highest BCUT2D eigenvalue weighted by molar-refractivity contribution is 5.72. The van der Waals surface area contributed by atoms with Crippen LogP contribution in [0.5, 0.6) is 0 Å². The van der Waals surface area contributed by atoms with Crippen molar-refractivity contribution in [2.45, 2.75) is 187 Å². The molecule has 2 atom stereocenters.